The average Bonchev–Trinajstić information content (AvgIpc) is 2.57. The maximum Gasteiger partial charge on any atom is 0.407 e. The predicted molar refractivity (Wildman–Crippen MR) is 83.4 cm³/mol. The average molecular weight is 316 g/mol. The van der Waals surface area contributed by atoms with Gasteiger partial charge < -0.3 is 15.4 Å². The molecule has 0 bridgehead atoms. The van der Waals surface area contributed by atoms with Crippen molar-refractivity contribution in [3.63, 3.8) is 0 Å². The standard InChI is InChI=1S/C17H17FN2O3/c18-15-8-4-7-14(11-15)16(21)19-9-10-20-17(22)23-12-13-5-2-1-3-6-13/h1-8,11H,9-10,12H2,(H,19,21)(H,20,22). The summed E-state index contributed by atoms with van der Waals surface area (Å²) in [6.45, 7) is 0.618. The molecule has 2 aromatic rings. The van der Waals surface area contributed by atoms with Crippen molar-refractivity contribution < 1.29 is 18.7 Å². The lowest BCUT2D eigenvalue weighted by atomic mass is 10.2. The molecule has 0 fully saturated rings. The summed E-state index contributed by atoms with van der Waals surface area (Å²) in [6.07, 6.45) is -0.561. The van der Waals surface area contributed by atoms with Crippen LogP contribution in [0.4, 0.5) is 9.18 Å². The van der Waals surface area contributed by atoms with Crippen LogP contribution in [0.1, 0.15) is 15.9 Å². The van der Waals surface area contributed by atoms with Crippen molar-refractivity contribution >= 4 is 12.0 Å². The number of halogens is 1. The summed E-state index contributed by atoms with van der Waals surface area (Å²) in [6, 6.07) is 14.7. The number of amides is 2. The van der Waals surface area contributed by atoms with Gasteiger partial charge in [-0.1, -0.05) is 36.4 Å². The molecule has 2 amide bonds. The molecule has 120 valence electrons. The summed E-state index contributed by atoms with van der Waals surface area (Å²) in [5.41, 5.74) is 1.12. The van der Waals surface area contributed by atoms with E-state index in [4.69, 9.17) is 4.74 Å². The second kappa shape index (κ2) is 8.53. The highest BCUT2D eigenvalue weighted by Crippen LogP contribution is 2.03. The molecule has 2 rings (SSSR count). The van der Waals surface area contributed by atoms with Gasteiger partial charge in [-0.05, 0) is 23.8 Å². The molecule has 0 unspecified atom stereocenters. The van der Waals surface area contributed by atoms with Gasteiger partial charge in [0.15, 0.2) is 0 Å². The van der Waals surface area contributed by atoms with Crippen LogP contribution in [0.2, 0.25) is 0 Å². The summed E-state index contributed by atoms with van der Waals surface area (Å²) in [5, 5.41) is 5.10. The molecule has 0 aromatic heterocycles. The molecule has 0 saturated heterocycles. The van der Waals surface area contributed by atoms with Crippen molar-refractivity contribution in [2.24, 2.45) is 0 Å². The Hall–Kier alpha value is -2.89. The Kier molecular flexibility index (Phi) is 6.11. The van der Waals surface area contributed by atoms with Gasteiger partial charge in [0.25, 0.3) is 5.91 Å². The van der Waals surface area contributed by atoms with Crippen LogP contribution in [0.15, 0.2) is 54.6 Å². The highest BCUT2D eigenvalue weighted by atomic mass is 19.1. The SMILES string of the molecule is O=C(NCCNC(=O)c1cccc(F)c1)OCc1ccccc1. The first kappa shape index (κ1) is 16.5. The van der Waals surface area contributed by atoms with Crippen molar-refractivity contribution in [1.29, 1.82) is 0 Å². The Morgan fingerprint density at radius 3 is 2.43 bits per heavy atom. The monoisotopic (exact) mass is 316 g/mol. The van der Waals surface area contributed by atoms with Gasteiger partial charge in [0, 0.05) is 18.7 Å². The van der Waals surface area contributed by atoms with Gasteiger partial charge in [-0.15, -0.1) is 0 Å². The molecule has 0 heterocycles. The van der Waals surface area contributed by atoms with E-state index in [1.165, 1.54) is 18.2 Å². The van der Waals surface area contributed by atoms with Crippen LogP contribution in [0.25, 0.3) is 0 Å². The Labute approximate surface area is 133 Å². The highest BCUT2D eigenvalue weighted by molar-refractivity contribution is 5.94. The molecule has 0 atom stereocenters. The van der Waals surface area contributed by atoms with Crippen molar-refractivity contribution in [2.75, 3.05) is 13.1 Å². The van der Waals surface area contributed by atoms with Crippen molar-refractivity contribution in [3.05, 3.63) is 71.5 Å². The minimum absolute atomic E-state index is 0.183. The fraction of sp³-hybridized carbons (Fsp3) is 0.176. The minimum Gasteiger partial charge on any atom is -0.445 e. The van der Waals surface area contributed by atoms with E-state index in [1.54, 1.807) is 0 Å². The molecular weight excluding hydrogens is 299 g/mol. The lowest BCUT2D eigenvalue weighted by Crippen LogP contribution is -2.34. The quantitative estimate of drug-likeness (QED) is 0.805. The molecule has 23 heavy (non-hydrogen) atoms. The van der Waals surface area contributed by atoms with E-state index in [-0.39, 0.29) is 25.3 Å². The van der Waals surface area contributed by atoms with Crippen molar-refractivity contribution in [1.82, 2.24) is 10.6 Å². The predicted octanol–water partition coefficient (Wildman–Crippen LogP) is 2.48. The van der Waals surface area contributed by atoms with Crippen molar-refractivity contribution in [2.45, 2.75) is 6.61 Å². The fourth-order valence-corrected chi connectivity index (χ4v) is 1.85. The summed E-state index contributed by atoms with van der Waals surface area (Å²) in [4.78, 5) is 23.2. The Morgan fingerprint density at radius 1 is 0.957 bits per heavy atom. The van der Waals surface area contributed by atoms with E-state index in [0.717, 1.165) is 11.6 Å². The van der Waals surface area contributed by atoms with Crippen LogP contribution >= 0.6 is 0 Å². The van der Waals surface area contributed by atoms with Crippen LogP contribution in [-0.2, 0) is 11.3 Å². The molecule has 0 radical (unpaired) electrons. The number of benzene rings is 2. The number of carbonyl (C=O) groups is 2. The van der Waals surface area contributed by atoms with Gasteiger partial charge in [0.2, 0.25) is 0 Å². The zero-order valence-electron chi connectivity index (χ0n) is 12.4. The normalized spacial score (nSPS) is 9.96. The maximum atomic E-state index is 13.0. The lowest BCUT2D eigenvalue weighted by molar-refractivity contribution is 0.0951. The van der Waals surface area contributed by atoms with E-state index in [9.17, 15) is 14.0 Å². The van der Waals surface area contributed by atoms with Crippen LogP contribution < -0.4 is 10.6 Å². The molecule has 5 nitrogen and oxygen atoms in total. The Morgan fingerprint density at radius 2 is 1.70 bits per heavy atom. The second-order valence-corrected chi connectivity index (χ2v) is 4.75. The third-order valence-corrected chi connectivity index (χ3v) is 2.98. The first-order chi connectivity index (χ1) is 11.1. The summed E-state index contributed by atoms with van der Waals surface area (Å²) in [7, 11) is 0. The van der Waals surface area contributed by atoms with Crippen molar-refractivity contribution in [3.8, 4) is 0 Å². The Bertz CT molecular complexity index is 662. The molecule has 2 N–H and O–H groups in total. The number of carbonyl (C=O) groups excluding carboxylic acids is 2. The van der Waals surface area contributed by atoms with Gasteiger partial charge in [-0.25, -0.2) is 9.18 Å². The van der Waals surface area contributed by atoms with Gasteiger partial charge in [0.05, 0.1) is 0 Å². The van der Waals surface area contributed by atoms with Crippen LogP contribution in [0.5, 0.6) is 0 Å². The molecule has 0 aliphatic rings. The van der Waals surface area contributed by atoms with E-state index in [0.29, 0.717) is 0 Å². The van der Waals surface area contributed by atoms with Gasteiger partial charge >= 0.3 is 6.09 Å². The summed E-state index contributed by atoms with van der Waals surface area (Å²) < 4.78 is 18.0. The third kappa shape index (κ3) is 5.78. The molecule has 0 aliphatic heterocycles. The number of hydrogen-bond acceptors (Lipinski definition) is 3. The zero-order chi connectivity index (χ0) is 16.5. The highest BCUT2D eigenvalue weighted by Gasteiger charge is 2.06. The van der Waals surface area contributed by atoms with E-state index < -0.39 is 17.8 Å². The number of alkyl carbamates (subject to hydrolysis) is 1. The third-order valence-electron chi connectivity index (χ3n) is 2.98. The molecule has 0 spiro atoms. The molecule has 2 aromatic carbocycles. The van der Waals surface area contributed by atoms with E-state index >= 15 is 0 Å². The summed E-state index contributed by atoms with van der Waals surface area (Å²) >= 11 is 0. The topological polar surface area (TPSA) is 67.4 Å². The molecule has 0 saturated carbocycles. The van der Waals surface area contributed by atoms with Gasteiger partial charge in [-0.3, -0.25) is 4.79 Å². The number of hydrogen-bond donors (Lipinski definition) is 2. The number of nitrogens with one attached hydrogen (secondary N) is 2. The summed E-state index contributed by atoms with van der Waals surface area (Å²) in [5.74, 6) is -0.871. The minimum atomic E-state index is -0.561. The second-order valence-electron chi connectivity index (χ2n) is 4.75. The largest absolute Gasteiger partial charge is 0.445 e. The van der Waals surface area contributed by atoms with Gasteiger partial charge in [-0.2, -0.15) is 0 Å². The lowest BCUT2D eigenvalue weighted by Gasteiger charge is -2.08. The molecular formula is C17H17FN2O3. The van der Waals surface area contributed by atoms with E-state index in [2.05, 4.69) is 10.6 Å². The zero-order valence-corrected chi connectivity index (χ0v) is 12.4. The Balaban J connectivity index is 1.63. The fourth-order valence-electron chi connectivity index (χ4n) is 1.85. The van der Waals surface area contributed by atoms with Gasteiger partial charge in [0.1, 0.15) is 12.4 Å². The van der Waals surface area contributed by atoms with Crippen LogP contribution in [0.3, 0.4) is 0 Å². The first-order valence-electron chi connectivity index (χ1n) is 7.13. The molecule has 6 heteroatoms. The van der Waals surface area contributed by atoms with Crippen LogP contribution in [0, 0.1) is 5.82 Å². The van der Waals surface area contributed by atoms with E-state index in [1.807, 2.05) is 30.3 Å². The van der Waals surface area contributed by atoms with Crippen LogP contribution in [-0.4, -0.2) is 25.1 Å². The number of ether oxygens (including phenoxy) is 1. The first-order valence-corrected chi connectivity index (χ1v) is 7.13. The number of rotatable bonds is 6. The smallest absolute Gasteiger partial charge is 0.407 e. The molecule has 0 aliphatic carbocycles. The maximum absolute atomic E-state index is 13.0.